The Kier molecular flexibility index (Phi) is 13.6. The number of carbonyl (C=O) groups excluding carboxylic acids is 4. The van der Waals surface area contributed by atoms with Crippen molar-refractivity contribution in [3.05, 3.63) is 42.0 Å². The number of carbonyl (C=O) groups is 4. The van der Waals surface area contributed by atoms with Crippen molar-refractivity contribution in [3.63, 3.8) is 0 Å². The lowest BCUT2D eigenvalue weighted by atomic mass is 9.98. The maximum absolute atomic E-state index is 14.0. The molecule has 1 rings (SSSR count). The lowest BCUT2D eigenvalue weighted by Gasteiger charge is -2.35. The van der Waals surface area contributed by atoms with E-state index in [2.05, 4.69) is 17.2 Å². The largest absolute Gasteiger partial charge is 0.466 e. The zero-order valence-corrected chi connectivity index (χ0v) is 24.0. The van der Waals surface area contributed by atoms with Crippen molar-refractivity contribution in [2.75, 3.05) is 19.7 Å². The Morgan fingerprint density at radius 1 is 1.13 bits per heavy atom. The third kappa shape index (κ3) is 11.4. The summed E-state index contributed by atoms with van der Waals surface area (Å²) in [5, 5.41) is 5.50. The fourth-order valence-corrected chi connectivity index (χ4v) is 3.90. The van der Waals surface area contributed by atoms with Crippen LogP contribution in [0.1, 0.15) is 84.9 Å². The molecule has 2 atom stereocenters. The number of nitrogens with zero attached hydrogens (tertiary/aromatic N) is 1. The number of hydrogen-bond acceptors (Lipinski definition) is 6. The van der Waals surface area contributed by atoms with Gasteiger partial charge in [-0.1, -0.05) is 51.6 Å². The summed E-state index contributed by atoms with van der Waals surface area (Å²) in [4.78, 5) is 53.4. The quantitative estimate of drug-likeness (QED) is 0.339. The van der Waals surface area contributed by atoms with Crippen LogP contribution in [-0.4, -0.2) is 60.1 Å². The Morgan fingerprint density at radius 3 is 2.37 bits per heavy atom. The third-order valence-electron chi connectivity index (χ3n) is 5.40. The number of amides is 3. The second kappa shape index (κ2) is 15.8. The highest BCUT2D eigenvalue weighted by Crippen LogP contribution is 2.25. The van der Waals surface area contributed by atoms with Gasteiger partial charge < -0.3 is 25.0 Å². The molecule has 3 amide bonds. The Hall–Kier alpha value is -3.36. The predicted molar refractivity (Wildman–Crippen MR) is 148 cm³/mol. The van der Waals surface area contributed by atoms with Crippen LogP contribution in [0.15, 0.2) is 30.8 Å². The first-order chi connectivity index (χ1) is 17.8. The Bertz CT molecular complexity index is 954. The average molecular weight is 532 g/mol. The molecule has 0 spiro atoms. The highest BCUT2D eigenvalue weighted by atomic mass is 16.6. The van der Waals surface area contributed by atoms with E-state index < -0.39 is 35.7 Å². The van der Waals surface area contributed by atoms with Crippen molar-refractivity contribution in [3.8, 4) is 0 Å². The van der Waals surface area contributed by atoms with E-state index in [1.807, 2.05) is 26.8 Å². The summed E-state index contributed by atoms with van der Waals surface area (Å²) < 4.78 is 10.3. The Balaban J connectivity index is 3.40. The maximum Gasteiger partial charge on any atom is 0.408 e. The van der Waals surface area contributed by atoms with Crippen LogP contribution in [0.2, 0.25) is 0 Å². The zero-order chi connectivity index (χ0) is 28.9. The molecule has 0 radical (unpaired) electrons. The molecular formula is C29H45N3O6. The van der Waals surface area contributed by atoms with Gasteiger partial charge in [0.1, 0.15) is 17.7 Å². The number of esters is 1. The summed E-state index contributed by atoms with van der Waals surface area (Å²) in [6.07, 6.45) is 1.92. The molecule has 9 heteroatoms. The average Bonchev–Trinajstić information content (AvgIpc) is 2.81. The van der Waals surface area contributed by atoms with Gasteiger partial charge in [0.15, 0.2) is 0 Å². The lowest BCUT2D eigenvalue weighted by molar-refractivity contribution is -0.144. The van der Waals surface area contributed by atoms with Gasteiger partial charge in [-0.25, -0.2) is 4.79 Å². The fraction of sp³-hybridized carbons (Fsp3) is 0.586. The summed E-state index contributed by atoms with van der Waals surface area (Å²) in [6.45, 7) is 17.2. The summed E-state index contributed by atoms with van der Waals surface area (Å²) in [7, 11) is 0. The van der Waals surface area contributed by atoms with E-state index >= 15 is 0 Å². The molecule has 0 aliphatic carbocycles. The maximum atomic E-state index is 14.0. The fourth-order valence-electron chi connectivity index (χ4n) is 3.90. The van der Waals surface area contributed by atoms with Gasteiger partial charge >= 0.3 is 12.1 Å². The van der Waals surface area contributed by atoms with Crippen LogP contribution in [0.5, 0.6) is 0 Å². The van der Waals surface area contributed by atoms with Crippen molar-refractivity contribution in [1.82, 2.24) is 15.5 Å². The molecule has 2 N–H and O–H groups in total. The van der Waals surface area contributed by atoms with E-state index in [9.17, 15) is 19.2 Å². The van der Waals surface area contributed by atoms with Crippen LogP contribution in [0.4, 0.5) is 4.79 Å². The molecule has 0 aromatic heterocycles. The molecule has 0 saturated carbocycles. The van der Waals surface area contributed by atoms with Crippen molar-refractivity contribution >= 4 is 30.0 Å². The molecule has 2 unspecified atom stereocenters. The van der Waals surface area contributed by atoms with Gasteiger partial charge in [-0.2, -0.15) is 0 Å². The number of alkyl carbamates (subject to hydrolysis) is 1. The predicted octanol–water partition coefficient (Wildman–Crippen LogP) is 4.62. The van der Waals surface area contributed by atoms with E-state index in [1.165, 1.54) is 4.90 Å². The lowest BCUT2D eigenvalue weighted by Crippen LogP contribution is -2.53. The first-order valence-electron chi connectivity index (χ1n) is 13.3. The van der Waals surface area contributed by atoms with Gasteiger partial charge in [0.2, 0.25) is 11.8 Å². The molecular weight excluding hydrogens is 486 g/mol. The first-order valence-corrected chi connectivity index (χ1v) is 13.3. The zero-order valence-electron chi connectivity index (χ0n) is 24.0. The van der Waals surface area contributed by atoms with Gasteiger partial charge in [0, 0.05) is 13.1 Å². The van der Waals surface area contributed by atoms with Crippen LogP contribution >= 0.6 is 0 Å². The van der Waals surface area contributed by atoms with Crippen molar-refractivity contribution in [2.24, 2.45) is 5.92 Å². The monoisotopic (exact) mass is 531 g/mol. The summed E-state index contributed by atoms with van der Waals surface area (Å²) >= 11 is 0. The molecule has 0 saturated heterocycles. The van der Waals surface area contributed by atoms with Gasteiger partial charge in [0.05, 0.1) is 13.0 Å². The minimum Gasteiger partial charge on any atom is -0.466 e. The highest BCUT2D eigenvalue weighted by Gasteiger charge is 2.36. The van der Waals surface area contributed by atoms with Crippen LogP contribution in [0, 0.1) is 5.92 Å². The molecule has 1 aromatic rings. The third-order valence-corrected chi connectivity index (χ3v) is 5.40. The van der Waals surface area contributed by atoms with Gasteiger partial charge in [-0.3, -0.25) is 14.4 Å². The summed E-state index contributed by atoms with van der Waals surface area (Å²) in [5.41, 5.74) is 0.658. The van der Waals surface area contributed by atoms with Gasteiger partial charge in [-0.15, -0.1) is 0 Å². The molecule has 38 heavy (non-hydrogen) atoms. The summed E-state index contributed by atoms with van der Waals surface area (Å²) in [5.74, 6) is -1.15. The molecule has 0 aliphatic rings. The van der Waals surface area contributed by atoms with Gasteiger partial charge in [0.25, 0.3) is 0 Å². The Morgan fingerprint density at radius 2 is 1.82 bits per heavy atom. The molecule has 1 aromatic carbocycles. The number of ether oxygens (including phenoxy) is 2. The molecule has 0 aliphatic heterocycles. The van der Waals surface area contributed by atoms with Crippen LogP contribution in [0.3, 0.4) is 0 Å². The van der Waals surface area contributed by atoms with Crippen LogP contribution in [0.25, 0.3) is 6.08 Å². The Labute approximate surface area is 227 Å². The van der Waals surface area contributed by atoms with E-state index in [1.54, 1.807) is 52.0 Å². The van der Waals surface area contributed by atoms with E-state index in [-0.39, 0.29) is 37.9 Å². The van der Waals surface area contributed by atoms with Crippen molar-refractivity contribution in [2.45, 2.75) is 85.4 Å². The summed E-state index contributed by atoms with van der Waals surface area (Å²) in [6, 6.07) is 5.34. The standard InChI is InChI=1S/C29H45N3O6/c1-9-17-32(27(35)23(18-20(4)5)31-28(36)38-29(6,7)8)25(22-14-12-13-21(10-2)19-22)26(34)30-16-15-24(33)37-11-3/h10,12-14,19-20,23,25H,2,9,11,15-18H2,1,3-8H3,(H,30,34)(H,31,36). The van der Waals surface area contributed by atoms with Crippen molar-refractivity contribution in [1.29, 1.82) is 0 Å². The molecule has 0 fully saturated rings. The molecule has 0 heterocycles. The van der Waals surface area contributed by atoms with E-state index in [0.29, 0.717) is 18.4 Å². The van der Waals surface area contributed by atoms with E-state index in [0.717, 1.165) is 5.56 Å². The number of nitrogens with one attached hydrogen (secondary N) is 2. The second-order valence-electron chi connectivity index (χ2n) is 10.5. The SMILES string of the molecule is C=Cc1cccc(C(C(=O)NCCC(=O)OCC)N(CCC)C(=O)C(CC(C)C)NC(=O)OC(C)(C)C)c1. The number of hydrogen-bond donors (Lipinski definition) is 2. The van der Waals surface area contributed by atoms with Crippen LogP contribution in [-0.2, 0) is 23.9 Å². The minimum absolute atomic E-state index is 0.0108. The first kappa shape index (κ1) is 32.7. The normalized spacial score (nSPS) is 12.7. The number of benzene rings is 1. The van der Waals surface area contributed by atoms with E-state index in [4.69, 9.17) is 9.47 Å². The highest BCUT2D eigenvalue weighted by molar-refractivity contribution is 5.92. The van der Waals surface area contributed by atoms with Gasteiger partial charge in [-0.05, 0) is 63.6 Å². The number of rotatable bonds is 14. The molecule has 212 valence electrons. The minimum atomic E-state index is -0.986. The second-order valence-corrected chi connectivity index (χ2v) is 10.5. The van der Waals surface area contributed by atoms with Crippen molar-refractivity contribution < 1.29 is 28.7 Å². The topological polar surface area (TPSA) is 114 Å². The van der Waals surface area contributed by atoms with Crippen LogP contribution < -0.4 is 10.6 Å². The molecule has 0 bridgehead atoms. The molecule has 9 nitrogen and oxygen atoms in total. The smallest absolute Gasteiger partial charge is 0.408 e.